The van der Waals surface area contributed by atoms with Gasteiger partial charge in [0.1, 0.15) is 0 Å². The molecule has 2 heterocycles. The molecule has 3 rings (SSSR count). The van der Waals surface area contributed by atoms with Crippen LogP contribution in [0.25, 0.3) is 10.9 Å². The van der Waals surface area contributed by atoms with Crippen LogP contribution in [0.1, 0.15) is 25.6 Å². The molecule has 0 aliphatic rings. The first-order valence-corrected chi connectivity index (χ1v) is 7.22. The molecule has 0 unspecified atom stereocenters. The Labute approximate surface area is 121 Å². The Balaban J connectivity index is 1.94. The second-order valence-electron chi connectivity index (χ2n) is 5.00. The van der Waals surface area contributed by atoms with Crippen LogP contribution in [0.3, 0.4) is 0 Å². The topological polar surface area (TPSA) is 22.8 Å². The van der Waals surface area contributed by atoms with E-state index in [0.717, 1.165) is 16.7 Å². The number of fused-ring (bicyclic) bond motifs is 1. The van der Waals surface area contributed by atoms with Gasteiger partial charge in [-0.25, -0.2) is 0 Å². The van der Waals surface area contributed by atoms with Crippen LogP contribution >= 0.6 is 15.9 Å². The number of rotatable bonds is 3. The average molecular weight is 318 g/mol. The van der Waals surface area contributed by atoms with Gasteiger partial charge in [-0.1, -0.05) is 22.0 Å². The molecule has 0 N–H and O–H groups in total. The summed E-state index contributed by atoms with van der Waals surface area (Å²) >= 11 is 3.59. The standard InChI is InChI=1S/C15H16BrN3/c1-11(2)19-9-6-12(17-19)10-18-8-7-13-14(16)4-3-5-15(13)18/h3-9,11H,10H2,1-2H3. The third-order valence-corrected chi connectivity index (χ3v) is 3.98. The number of aromatic nitrogens is 3. The summed E-state index contributed by atoms with van der Waals surface area (Å²) in [7, 11) is 0. The Hall–Kier alpha value is -1.55. The molecule has 0 aliphatic carbocycles. The van der Waals surface area contributed by atoms with Crippen LogP contribution in [0, 0.1) is 0 Å². The molecule has 2 aromatic heterocycles. The number of halogens is 1. The maximum atomic E-state index is 4.60. The van der Waals surface area contributed by atoms with Crippen LogP contribution in [0.15, 0.2) is 47.2 Å². The van der Waals surface area contributed by atoms with Crippen molar-refractivity contribution in [3.05, 3.63) is 52.9 Å². The molecule has 0 bridgehead atoms. The molecule has 4 heteroatoms. The third kappa shape index (κ3) is 2.32. The van der Waals surface area contributed by atoms with Crippen molar-refractivity contribution >= 4 is 26.8 Å². The van der Waals surface area contributed by atoms with Crippen LogP contribution in [0.4, 0.5) is 0 Å². The van der Waals surface area contributed by atoms with E-state index in [1.54, 1.807) is 0 Å². The first-order valence-electron chi connectivity index (χ1n) is 6.42. The summed E-state index contributed by atoms with van der Waals surface area (Å²) < 4.78 is 5.36. The molecule has 0 aliphatic heterocycles. The fourth-order valence-corrected chi connectivity index (χ4v) is 2.74. The largest absolute Gasteiger partial charge is 0.341 e. The minimum absolute atomic E-state index is 0.407. The average Bonchev–Trinajstić information content (AvgIpc) is 2.98. The number of hydrogen-bond acceptors (Lipinski definition) is 1. The molecule has 0 atom stereocenters. The molecular formula is C15H16BrN3. The van der Waals surface area contributed by atoms with E-state index in [1.807, 2.05) is 10.9 Å². The molecular weight excluding hydrogens is 302 g/mol. The van der Waals surface area contributed by atoms with E-state index in [-0.39, 0.29) is 0 Å². The Morgan fingerprint density at radius 2 is 2.00 bits per heavy atom. The normalized spacial score (nSPS) is 11.6. The smallest absolute Gasteiger partial charge is 0.0821 e. The lowest BCUT2D eigenvalue weighted by molar-refractivity contribution is 0.524. The van der Waals surface area contributed by atoms with E-state index in [1.165, 1.54) is 10.9 Å². The predicted octanol–water partition coefficient (Wildman–Crippen LogP) is 4.23. The zero-order valence-corrected chi connectivity index (χ0v) is 12.6. The summed E-state index contributed by atoms with van der Waals surface area (Å²) in [4.78, 5) is 0. The maximum Gasteiger partial charge on any atom is 0.0821 e. The zero-order valence-electron chi connectivity index (χ0n) is 11.0. The van der Waals surface area contributed by atoms with Gasteiger partial charge in [-0.05, 0) is 38.1 Å². The summed E-state index contributed by atoms with van der Waals surface area (Å²) in [6.45, 7) is 5.08. The quantitative estimate of drug-likeness (QED) is 0.708. The van der Waals surface area contributed by atoms with Crippen LogP contribution < -0.4 is 0 Å². The van der Waals surface area contributed by atoms with Gasteiger partial charge in [-0.3, -0.25) is 4.68 Å². The second kappa shape index (κ2) is 4.85. The predicted molar refractivity (Wildman–Crippen MR) is 81.4 cm³/mol. The van der Waals surface area contributed by atoms with Crippen LogP contribution in [-0.4, -0.2) is 14.3 Å². The van der Waals surface area contributed by atoms with E-state index in [9.17, 15) is 0 Å². The molecule has 0 saturated heterocycles. The minimum Gasteiger partial charge on any atom is -0.341 e. The molecule has 0 fully saturated rings. The molecule has 3 aromatic rings. The van der Waals surface area contributed by atoms with Crippen molar-refractivity contribution in [3.8, 4) is 0 Å². The van der Waals surface area contributed by atoms with Gasteiger partial charge in [0.15, 0.2) is 0 Å². The summed E-state index contributed by atoms with van der Waals surface area (Å²) in [5, 5.41) is 5.84. The Bertz CT molecular complexity index is 709. The Morgan fingerprint density at radius 3 is 2.74 bits per heavy atom. The summed E-state index contributed by atoms with van der Waals surface area (Å²) in [5.74, 6) is 0. The fraction of sp³-hybridized carbons (Fsp3) is 0.267. The molecule has 98 valence electrons. The van der Waals surface area contributed by atoms with Crippen molar-refractivity contribution in [2.45, 2.75) is 26.4 Å². The molecule has 0 radical (unpaired) electrons. The zero-order chi connectivity index (χ0) is 13.4. The van der Waals surface area contributed by atoms with E-state index in [2.05, 4.69) is 76.0 Å². The van der Waals surface area contributed by atoms with Gasteiger partial charge in [0.2, 0.25) is 0 Å². The monoisotopic (exact) mass is 317 g/mol. The van der Waals surface area contributed by atoms with E-state index in [0.29, 0.717) is 6.04 Å². The number of benzene rings is 1. The lowest BCUT2D eigenvalue weighted by Crippen LogP contribution is -2.04. The van der Waals surface area contributed by atoms with E-state index < -0.39 is 0 Å². The van der Waals surface area contributed by atoms with Crippen molar-refractivity contribution in [1.29, 1.82) is 0 Å². The van der Waals surface area contributed by atoms with Crippen molar-refractivity contribution in [1.82, 2.24) is 14.3 Å². The van der Waals surface area contributed by atoms with Gasteiger partial charge < -0.3 is 4.57 Å². The summed E-state index contributed by atoms with van der Waals surface area (Å²) in [6, 6.07) is 10.9. The molecule has 0 saturated carbocycles. The molecule has 1 aromatic carbocycles. The summed E-state index contributed by atoms with van der Waals surface area (Å²) in [6.07, 6.45) is 4.16. The highest BCUT2D eigenvalue weighted by atomic mass is 79.9. The van der Waals surface area contributed by atoms with Gasteiger partial charge in [-0.15, -0.1) is 0 Å². The maximum absolute atomic E-state index is 4.60. The molecule has 3 nitrogen and oxygen atoms in total. The first-order chi connectivity index (χ1) is 9.15. The van der Waals surface area contributed by atoms with Crippen LogP contribution in [0.2, 0.25) is 0 Å². The van der Waals surface area contributed by atoms with E-state index >= 15 is 0 Å². The van der Waals surface area contributed by atoms with Gasteiger partial charge in [0.25, 0.3) is 0 Å². The minimum atomic E-state index is 0.407. The highest BCUT2D eigenvalue weighted by molar-refractivity contribution is 9.10. The highest BCUT2D eigenvalue weighted by Gasteiger charge is 2.06. The Morgan fingerprint density at radius 1 is 1.16 bits per heavy atom. The van der Waals surface area contributed by atoms with Gasteiger partial charge in [0.05, 0.1) is 12.2 Å². The molecule has 0 amide bonds. The van der Waals surface area contributed by atoms with Crippen molar-refractivity contribution in [2.24, 2.45) is 0 Å². The second-order valence-corrected chi connectivity index (χ2v) is 5.85. The van der Waals surface area contributed by atoms with Crippen molar-refractivity contribution in [3.63, 3.8) is 0 Å². The lowest BCUT2D eigenvalue weighted by atomic mass is 10.2. The van der Waals surface area contributed by atoms with Gasteiger partial charge >= 0.3 is 0 Å². The Kier molecular flexibility index (Phi) is 3.19. The lowest BCUT2D eigenvalue weighted by Gasteiger charge is -2.05. The van der Waals surface area contributed by atoms with Crippen LogP contribution in [0.5, 0.6) is 0 Å². The summed E-state index contributed by atoms with van der Waals surface area (Å²) in [5.41, 5.74) is 2.32. The third-order valence-electron chi connectivity index (χ3n) is 3.29. The molecule has 19 heavy (non-hydrogen) atoms. The van der Waals surface area contributed by atoms with Crippen molar-refractivity contribution < 1.29 is 0 Å². The van der Waals surface area contributed by atoms with E-state index in [4.69, 9.17) is 0 Å². The number of nitrogens with zero attached hydrogens (tertiary/aromatic N) is 3. The van der Waals surface area contributed by atoms with Crippen molar-refractivity contribution in [2.75, 3.05) is 0 Å². The SMILES string of the molecule is CC(C)n1ccc(Cn2ccc3c(Br)cccc32)n1. The van der Waals surface area contributed by atoms with Gasteiger partial charge in [-0.2, -0.15) is 5.10 Å². The van der Waals surface area contributed by atoms with Crippen LogP contribution in [-0.2, 0) is 6.54 Å². The number of hydrogen-bond donors (Lipinski definition) is 0. The molecule has 0 spiro atoms. The highest BCUT2D eigenvalue weighted by Crippen LogP contribution is 2.25. The van der Waals surface area contributed by atoms with Gasteiger partial charge in [0, 0.05) is 33.8 Å². The fourth-order valence-electron chi connectivity index (χ4n) is 2.25. The first kappa shape index (κ1) is 12.5.